The van der Waals surface area contributed by atoms with E-state index in [1.807, 2.05) is 32.0 Å². The molecule has 1 heterocycles. The Labute approximate surface area is 165 Å². The predicted molar refractivity (Wildman–Crippen MR) is 108 cm³/mol. The fourth-order valence-corrected chi connectivity index (χ4v) is 4.00. The Kier molecular flexibility index (Phi) is 5.51. The minimum atomic E-state index is -0.892. The van der Waals surface area contributed by atoms with E-state index < -0.39 is 5.97 Å². The van der Waals surface area contributed by atoms with Gasteiger partial charge >= 0.3 is 5.97 Å². The van der Waals surface area contributed by atoms with E-state index >= 15 is 0 Å². The average Bonchev–Trinajstić information content (AvgIpc) is 2.94. The van der Waals surface area contributed by atoms with Crippen molar-refractivity contribution in [3.63, 3.8) is 0 Å². The highest BCUT2D eigenvalue weighted by Gasteiger charge is 2.18. The van der Waals surface area contributed by atoms with Crippen molar-refractivity contribution < 1.29 is 9.90 Å². The van der Waals surface area contributed by atoms with Crippen LogP contribution in [0.1, 0.15) is 16.0 Å². The van der Waals surface area contributed by atoms with Gasteiger partial charge in [0.2, 0.25) is 0 Å². The van der Waals surface area contributed by atoms with E-state index in [2.05, 4.69) is 10.3 Å². The number of thiazole rings is 1. The molecule has 7 heteroatoms. The van der Waals surface area contributed by atoms with Crippen molar-refractivity contribution in [3.8, 4) is 11.3 Å². The molecule has 2 N–H and O–H groups in total. The number of rotatable bonds is 5. The van der Waals surface area contributed by atoms with Crippen LogP contribution < -0.4 is 5.32 Å². The van der Waals surface area contributed by atoms with Gasteiger partial charge < -0.3 is 10.4 Å². The molecule has 0 aliphatic rings. The van der Waals surface area contributed by atoms with Crippen molar-refractivity contribution in [1.82, 2.24) is 4.98 Å². The summed E-state index contributed by atoms with van der Waals surface area (Å²) in [7, 11) is 0. The Morgan fingerprint density at radius 1 is 1.19 bits per heavy atom. The zero-order valence-electron chi connectivity index (χ0n) is 14.1. The van der Waals surface area contributed by atoms with Gasteiger partial charge in [0.1, 0.15) is 0 Å². The molecule has 134 valence electrons. The summed E-state index contributed by atoms with van der Waals surface area (Å²) in [5.41, 5.74) is 4.43. The number of carbonyl (C=O) groups is 1. The van der Waals surface area contributed by atoms with E-state index in [-0.39, 0.29) is 6.42 Å². The number of nitrogens with one attached hydrogen (secondary N) is 1. The van der Waals surface area contributed by atoms with E-state index in [0.717, 1.165) is 16.7 Å². The minimum Gasteiger partial charge on any atom is -0.481 e. The molecule has 0 fully saturated rings. The fourth-order valence-electron chi connectivity index (χ4n) is 2.57. The molecular formula is C19H16Cl2N2O2S. The molecule has 0 atom stereocenters. The third kappa shape index (κ3) is 4.18. The van der Waals surface area contributed by atoms with Crippen LogP contribution in [0.5, 0.6) is 0 Å². The smallest absolute Gasteiger partial charge is 0.308 e. The van der Waals surface area contributed by atoms with Gasteiger partial charge in [-0.3, -0.25) is 4.79 Å². The van der Waals surface area contributed by atoms with Crippen LogP contribution in [0.3, 0.4) is 0 Å². The van der Waals surface area contributed by atoms with Gasteiger partial charge in [-0.25, -0.2) is 4.98 Å². The quantitative estimate of drug-likeness (QED) is 0.536. The largest absolute Gasteiger partial charge is 0.481 e. The molecule has 0 spiro atoms. The molecule has 4 nitrogen and oxygen atoms in total. The van der Waals surface area contributed by atoms with E-state index in [1.165, 1.54) is 11.3 Å². The summed E-state index contributed by atoms with van der Waals surface area (Å²) in [5, 5.41) is 14.0. The molecular weight excluding hydrogens is 391 g/mol. The number of carboxylic acid groups (broad SMARTS) is 1. The second-order valence-corrected chi connectivity index (χ2v) is 7.86. The van der Waals surface area contributed by atoms with Gasteiger partial charge in [-0.2, -0.15) is 0 Å². The molecule has 0 radical (unpaired) electrons. The standard InChI is InChI=1S/C19H16Cl2N2O2S/c1-10-3-4-11(2)13(7-10)18-16(9-17(24)25)26-19(23-18)22-15-6-5-12(20)8-14(15)21/h3-8H,9H2,1-2H3,(H,22,23)(H,24,25). The minimum absolute atomic E-state index is 0.0869. The first-order valence-corrected chi connectivity index (χ1v) is 9.42. The van der Waals surface area contributed by atoms with Crippen molar-refractivity contribution in [3.05, 3.63) is 62.4 Å². The maximum Gasteiger partial charge on any atom is 0.308 e. The van der Waals surface area contributed by atoms with E-state index in [1.54, 1.807) is 18.2 Å². The predicted octanol–water partition coefficient (Wildman–Crippen LogP) is 6.10. The monoisotopic (exact) mass is 406 g/mol. The van der Waals surface area contributed by atoms with Crippen molar-refractivity contribution in [2.75, 3.05) is 5.32 Å². The SMILES string of the molecule is Cc1ccc(C)c(-c2nc(Nc3ccc(Cl)cc3Cl)sc2CC(=O)O)c1. The topological polar surface area (TPSA) is 62.2 Å². The first kappa shape index (κ1) is 18.7. The van der Waals surface area contributed by atoms with Crippen molar-refractivity contribution in [2.45, 2.75) is 20.3 Å². The van der Waals surface area contributed by atoms with E-state index in [0.29, 0.717) is 31.4 Å². The van der Waals surface area contributed by atoms with Crippen LogP contribution in [0.2, 0.25) is 10.0 Å². The number of halogens is 2. The van der Waals surface area contributed by atoms with Crippen molar-refractivity contribution in [2.24, 2.45) is 0 Å². The molecule has 0 amide bonds. The highest BCUT2D eigenvalue weighted by atomic mass is 35.5. The Bertz CT molecular complexity index is 986. The number of aromatic nitrogens is 1. The van der Waals surface area contributed by atoms with E-state index in [9.17, 15) is 9.90 Å². The lowest BCUT2D eigenvalue weighted by Crippen LogP contribution is -2.00. The maximum atomic E-state index is 11.3. The van der Waals surface area contributed by atoms with Gasteiger partial charge in [0, 0.05) is 15.5 Å². The lowest BCUT2D eigenvalue weighted by molar-refractivity contribution is -0.136. The molecule has 0 aliphatic heterocycles. The second-order valence-electron chi connectivity index (χ2n) is 5.93. The summed E-state index contributed by atoms with van der Waals surface area (Å²) in [6, 6.07) is 11.2. The number of benzene rings is 2. The fraction of sp³-hybridized carbons (Fsp3) is 0.158. The van der Waals surface area contributed by atoms with Gasteiger partial charge in [-0.05, 0) is 43.7 Å². The zero-order valence-corrected chi connectivity index (χ0v) is 16.5. The normalized spacial score (nSPS) is 10.8. The maximum absolute atomic E-state index is 11.3. The Morgan fingerprint density at radius 3 is 2.65 bits per heavy atom. The number of carboxylic acids is 1. The summed E-state index contributed by atoms with van der Waals surface area (Å²) in [6.45, 7) is 3.99. The highest BCUT2D eigenvalue weighted by molar-refractivity contribution is 7.16. The van der Waals surface area contributed by atoms with Gasteiger partial charge in [-0.1, -0.05) is 40.9 Å². The van der Waals surface area contributed by atoms with Crippen LogP contribution in [0.15, 0.2) is 36.4 Å². The summed E-state index contributed by atoms with van der Waals surface area (Å²) < 4.78 is 0. The van der Waals surface area contributed by atoms with E-state index in [4.69, 9.17) is 23.2 Å². The van der Waals surface area contributed by atoms with Gasteiger partial charge in [-0.15, -0.1) is 11.3 Å². The lowest BCUT2D eigenvalue weighted by atomic mass is 10.0. The van der Waals surface area contributed by atoms with Gasteiger partial charge in [0.25, 0.3) is 0 Å². The van der Waals surface area contributed by atoms with Crippen LogP contribution >= 0.6 is 34.5 Å². The first-order valence-electron chi connectivity index (χ1n) is 7.84. The number of hydrogen-bond donors (Lipinski definition) is 2. The average molecular weight is 407 g/mol. The Balaban J connectivity index is 2.04. The molecule has 0 aliphatic carbocycles. The molecule has 26 heavy (non-hydrogen) atoms. The molecule has 3 rings (SSSR count). The van der Waals surface area contributed by atoms with Gasteiger partial charge in [0.05, 0.1) is 22.8 Å². The third-order valence-electron chi connectivity index (χ3n) is 3.83. The molecule has 0 saturated heterocycles. The van der Waals surface area contributed by atoms with Gasteiger partial charge in [0.15, 0.2) is 5.13 Å². The third-order valence-corrected chi connectivity index (χ3v) is 5.35. The molecule has 3 aromatic rings. The van der Waals surface area contributed by atoms with Crippen LogP contribution in [-0.4, -0.2) is 16.1 Å². The van der Waals surface area contributed by atoms with Crippen LogP contribution in [0.4, 0.5) is 10.8 Å². The van der Waals surface area contributed by atoms with Crippen LogP contribution in [0, 0.1) is 13.8 Å². The number of aliphatic carboxylic acids is 1. The molecule has 1 aromatic heterocycles. The molecule has 2 aromatic carbocycles. The number of anilines is 2. The summed E-state index contributed by atoms with van der Waals surface area (Å²) in [6.07, 6.45) is -0.0869. The van der Waals surface area contributed by atoms with Crippen LogP contribution in [-0.2, 0) is 11.2 Å². The number of nitrogens with zero attached hydrogens (tertiary/aromatic N) is 1. The first-order chi connectivity index (χ1) is 12.3. The zero-order chi connectivity index (χ0) is 18.8. The summed E-state index contributed by atoms with van der Waals surface area (Å²) >= 11 is 13.4. The molecule has 0 unspecified atom stereocenters. The molecule has 0 bridgehead atoms. The summed E-state index contributed by atoms with van der Waals surface area (Å²) in [5.74, 6) is -0.892. The van der Waals surface area contributed by atoms with Crippen molar-refractivity contribution >= 4 is 51.3 Å². The second kappa shape index (κ2) is 7.66. The van der Waals surface area contributed by atoms with Crippen LogP contribution in [0.25, 0.3) is 11.3 Å². The lowest BCUT2D eigenvalue weighted by Gasteiger charge is -2.07. The Hall–Kier alpha value is -2.08. The van der Waals surface area contributed by atoms with Crippen molar-refractivity contribution in [1.29, 1.82) is 0 Å². The highest BCUT2D eigenvalue weighted by Crippen LogP contribution is 2.36. The molecule has 0 saturated carbocycles. The summed E-state index contributed by atoms with van der Waals surface area (Å²) in [4.78, 5) is 16.6. The number of aryl methyl sites for hydroxylation is 2. The Morgan fingerprint density at radius 2 is 1.96 bits per heavy atom. The number of hydrogen-bond acceptors (Lipinski definition) is 4.